The SMILES string of the molecule is CCC(C)(Cn1nnnc1-c1cc(C)cc(Cl)c1)C(=O)O. The van der Waals surface area contributed by atoms with Crippen LogP contribution in [0.25, 0.3) is 11.4 Å². The smallest absolute Gasteiger partial charge is 0.311 e. The molecule has 6 nitrogen and oxygen atoms in total. The van der Waals surface area contributed by atoms with E-state index in [-0.39, 0.29) is 6.54 Å². The predicted octanol–water partition coefficient (Wildman–Crippen LogP) is 2.80. The molecule has 0 spiro atoms. The molecule has 0 aliphatic carbocycles. The number of carboxylic acid groups (broad SMARTS) is 1. The number of nitrogens with zero attached hydrogens (tertiary/aromatic N) is 4. The molecule has 112 valence electrons. The van der Waals surface area contributed by atoms with Gasteiger partial charge in [0.1, 0.15) is 0 Å². The molecule has 0 radical (unpaired) electrons. The minimum atomic E-state index is -0.919. The maximum Gasteiger partial charge on any atom is 0.311 e. The van der Waals surface area contributed by atoms with E-state index in [4.69, 9.17) is 11.6 Å². The van der Waals surface area contributed by atoms with Gasteiger partial charge in [-0.25, -0.2) is 4.68 Å². The van der Waals surface area contributed by atoms with Crippen molar-refractivity contribution in [3.63, 3.8) is 0 Å². The van der Waals surface area contributed by atoms with Crippen LogP contribution in [0, 0.1) is 12.3 Å². The third-order valence-electron chi connectivity index (χ3n) is 3.63. The van der Waals surface area contributed by atoms with E-state index in [1.807, 2.05) is 26.0 Å². The number of benzene rings is 1. The van der Waals surface area contributed by atoms with E-state index >= 15 is 0 Å². The van der Waals surface area contributed by atoms with E-state index in [2.05, 4.69) is 15.5 Å². The normalized spacial score (nSPS) is 13.9. The van der Waals surface area contributed by atoms with Crippen LogP contribution in [0.15, 0.2) is 18.2 Å². The third-order valence-corrected chi connectivity index (χ3v) is 3.85. The minimum absolute atomic E-state index is 0.201. The van der Waals surface area contributed by atoms with Crippen molar-refractivity contribution in [1.29, 1.82) is 0 Å². The molecule has 0 bridgehead atoms. The van der Waals surface area contributed by atoms with E-state index in [1.165, 1.54) is 4.68 Å². The van der Waals surface area contributed by atoms with E-state index in [0.29, 0.717) is 17.3 Å². The summed E-state index contributed by atoms with van der Waals surface area (Å²) in [6.45, 7) is 5.65. The number of carbonyl (C=O) groups is 1. The molecule has 0 saturated carbocycles. The Morgan fingerprint density at radius 3 is 2.71 bits per heavy atom. The molecule has 1 heterocycles. The van der Waals surface area contributed by atoms with Gasteiger partial charge in [-0.2, -0.15) is 0 Å². The quantitative estimate of drug-likeness (QED) is 0.918. The first-order chi connectivity index (χ1) is 9.85. The molecule has 2 aromatic rings. The molecule has 1 unspecified atom stereocenters. The summed E-state index contributed by atoms with van der Waals surface area (Å²) >= 11 is 6.06. The Labute approximate surface area is 127 Å². The summed E-state index contributed by atoms with van der Waals surface area (Å²) in [6.07, 6.45) is 0.482. The fraction of sp³-hybridized carbons (Fsp3) is 0.429. The summed E-state index contributed by atoms with van der Waals surface area (Å²) in [7, 11) is 0. The number of aliphatic carboxylic acids is 1. The number of tetrazole rings is 1. The van der Waals surface area contributed by atoms with Crippen LogP contribution in [-0.4, -0.2) is 31.3 Å². The van der Waals surface area contributed by atoms with E-state index < -0.39 is 11.4 Å². The largest absolute Gasteiger partial charge is 0.481 e. The molecule has 1 N–H and O–H groups in total. The maximum atomic E-state index is 11.4. The highest BCUT2D eigenvalue weighted by Crippen LogP contribution is 2.27. The average Bonchev–Trinajstić information content (AvgIpc) is 2.85. The van der Waals surface area contributed by atoms with Gasteiger partial charge in [0.15, 0.2) is 5.82 Å². The van der Waals surface area contributed by atoms with Crippen molar-refractivity contribution < 1.29 is 9.90 Å². The van der Waals surface area contributed by atoms with Gasteiger partial charge in [-0.15, -0.1) is 5.10 Å². The van der Waals surface area contributed by atoms with Crippen molar-refractivity contribution in [3.05, 3.63) is 28.8 Å². The summed E-state index contributed by atoms with van der Waals surface area (Å²) in [6, 6.07) is 5.52. The second-order valence-electron chi connectivity index (χ2n) is 5.40. The molecule has 0 amide bonds. The highest BCUT2D eigenvalue weighted by Gasteiger charge is 2.33. The monoisotopic (exact) mass is 308 g/mol. The van der Waals surface area contributed by atoms with Crippen LogP contribution in [0.4, 0.5) is 0 Å². The standard InChI is InChI=1S/C14H17ClN4O2/c1-4-14(3,13(20)21)8-19-12(16-17-18-19)10-5-9(2)6-11(15)7-10/h5-7H,4,8H2,1-3H3,(H,20,21). The van der Waals surface area contributed by atoms with Crippen LogP contribution in [0.5, 0.6) is 0 Å². The molecule has 0 aliphatic heterocycles. The summed E-state index contributed by atoms with van der Waals surface area (Å²) in [4.78, 5) is 11.4. The van der Waals surface area contributed by atoms with E-state index in [9.17, 15) is 9.90 Å². The van der Waals surface area contributed by atoms with Crippen molar-refractivity contribution in [2.75, 3.05) is 0 Å². The zero-order valence-electron chi connectivity index (χ0n) is 12.2. The second kappa shape index (κ2) is 5.81. The Morgan fingerprint density at radius 2 is 2.14 bits per heavy atom. The van der Waals surface area contributed by atoms with Crippen molar-refractivity contribution in [2.24, 2.45) is 5.41 Å². The maximum absolute atomic E-state index is 11.4. The van der Waals surface area contributed by atoms with Crippen LogP contribution in [0.1, 0.15) is 25.8 Å². The van der Waals surface area contributed by atoms with Crippen molar-refractivity contribution in [1.82, 2.24) is 20.2 Å². The van der Waals surface area contributed by atoms with Crippen molar-refractivity contribution >= 4 is 17.6 Å². The molecule has 1 atom stereocenters. The highest BCUT2D eigenvalue weighted by atomic mass is 35.5. The highest BCUT2D eigenvalue weighted by molar-refractivity contribution is 6.30. The summed E-state index contributed by atoms with van der Waals surface area (Å²) in [5.41, 5.74) is 0.843. The van der Waals surface area contributed by atoms with E-state index in [1.54, 1.807) is 13.0 Å². The zero-order valence-corrected chi connectivity index (χ0v) is 12.9. The van der Waals surface area contributed by atoms with Gasteiger partial charge >= 0.3 is 5.97 Å². The first kappa shape index (κ1) is 15.4. The number of carboxylic acids is 1. The third kappa shape index (κ3) is 3.21. The number of halogens is 1. The first-order valence-corrected chi connectivity index (χ1v) is 7.00. The fourth-order valence-corrected chi connectivity index (χ4v) is 2.33. The lowest BCUT2D eigenvalue weighted by molar-refractivity contribution is -0.149. The van der Waals surface area contributed by atoms with Crippen molar-refractivity contribution in [3.8, 4) is 11.4 Å². The van der Waals surface area contributed by atoms with Crippen LogP contribution < -0.4 is 0 Å². The molecule has 0 saturated heterocycles. The Balaban J connectivity index is 2.41. The average molecular weight is 309 g/mol. The molecule has 1 aromatic heterocycles. The molecular formula is C14H17ClN4O2. The molecule has 0 fully saturated rings. The van der Waals surface area contributed by atoms with E-state index in [0.717, 1.165) is 11.1 Å². The molecule has 1 aromatic carbocycles. The number of aryl methyl sites for hydroxylation is 1. The number of hydrogen-bond acceptors (Lipinski definition) is 4. The second-order valence-corrected chi connectivity index (χ2v) is 5.83. The van der Waals surface area contributed by atoms with Crippen LogP contribution in [0.3, 0.4) is 0 Å². The lowest BCUT2D eigenvalue weighted by Gasteiger charge is -2.22. The number of rotatable bonds is 5. The fourth-order valence-electron chi connectivity index (χ4n) is 2.04. The Hall–Kier alpha value is -1.95. The van der Waals surface area contributed by atoms with Crippen LogP contribution >= 0.6 is 11.6 Å². The Morgan fingerprint density at radius 1 is 1.43 bits per heavy atom. The topological polar surface area (TPSA) is 80.9 Å². The van der Waals surface area contributed by atoms with Gasteiger partial charge in [-0.05, 0) is 54.5 Å². The van der Waals surface area contributed by atoms with Gasteiger partial charge in [0.05, 0.1) is 12.0 Å². The lowest BCUT2D eigenvalue weighted by atomic mass is 9.88. The van der Waals surface area contributed by atoms with Gasteiger partial charge in [-0.1, -0.05) is 18.5 Å². The van der Waals surface area contributed by atoms with Crippen LogP contribution in [-0.2, 0) is 11.3 Å². The van der Waals surface area contributed by atoms with Crippen LogP contribution in [0.2, 0.25) is 5.02 Å². The molecular weight excluding hydrogens is 292 g/mol. The first-order valence-electron chi connectivity index (χ1n) is 6.63. The van der Waals surface area contributed by atoms with Crippen molar-refractivity contribution in [2.45, 2.75) is 33.7 Å². The van der Waals surface area contributed by atoms with Gasteiger partial charge in [-0.3, -0.25) is 4.79 Å². The molecule has 21 heavy (non-hydrogen) atoms. The minimum Gasteiger partial charge on any atom is -0.481 e. The Bertz CT molecular complexity index is 650. The predicted molar refractivity (Wildman–Crippen MR) is 79.0 cm³/mol. The summed E-state index contributed by atoms with van der Waals surface area (Å²) < 4.78 is 1.52. The van der Waals surface area contributed by atoms with Gasteiger partial charge in [0.25, 0.3) is 0 Å². The molecule has 7 heteroatoms. The van der Waals surface area contributed by atoms with Gasteiger partial charge in [0, 0.05) is 10.6 Å². The summed E-state index contributed by atoms with van der Waals surface area (Å²) in [5.74, 6) is -0.352. The lowest BCUT2D eigenvalue weighted by Crippen LogP contribution is -2.32. The zero-order chi connectivity index (χ0) is 15.6. The van der Waals surface area contributed by atoms with Gasteiger partial charge < -0.3 is 5.11 Å². The number of aromatic nitrogens is 4. The molecule has 0 aliphatic rings. The molecule has 2 rings (SSSR count). The Kier molecular flexibility index (Phi) is 4.27. The summed E-state index contributed by atoms with van der Waals surface area (Å²) in [5, 5.41) is 21.5. The van der Waals surface area contributed by atoms with Gasteiger partial charge in [0.2, 0.25) is 0 Å². The number of hydrogen-bond donors (Lipinski definition) is 1.